The van der Waals surface area contributed by atoms with Crippen LogP contribution >= 0.6 is 0 Å². The molecule has 0 fully saturated rings. The number of hydrogen-bond acceptors (Lipinski definition) is 1. The lowest BCUT2D eigenvalue weighted by Crippen LogP contribution is -2.11. The summed E-state index contributed by atoms with van der Waals surface area (Å²) in [5.41, 5.74) is 5.25. The van der Waals surface area contributed by atoms with Crippen LogP contribution in [0, 0.1) is 12.8 Å². The number of aryl methyl sites for hydroxylation is 2. The van der Waals surface area contributed by atoms with E-state index in [1.54, 1.807) is 5.57 Å². The van der Waals surface area contributed by atoms with Crippen LogP contribution in [0.25, 0.3) is 11.0 Å². The molecule has 1 aromatic heterocycles. The van der Waals surface area contributed by atoms with E-state index in [4.69, 9.17) is 4.98 Å². The molecule has 0 N–H and O–H groups in total. The maximum Gasteiger partial charge on any atom is 0.109 e. The zero-order valence-electron chi connectivity index (χ0n) is 12.1. The van der Waals surface area contributed by atoms with Crippen LogP contribution in [-0.4, -0.2) is 9.55 Å². The Labute approximate surface area is 115 Å². The Balaban J connectivity index is 1.87. The summed E-state index contributed by atoms with van der Waals surface area (Å²) in [4.78, 5) is 4.81. The minimum absolute atomic E-state index is 0.764. The molecule has 2 heteroatoms. The number of nitrogens with zero attached hydrogens (tertiary/aromatic N) is 2. The van der Waals surface area contributed by atoms with E-state index in [-0.39, 0.29) is 0 Å². The van der Waals surface area contributed by atoms with E-state index in [9.17, 15) is 0 Å². The third-order valence-electron chi connectivity index (χ3n) is 4.35. The van der Waals surface area contributed by atoms with Crippen LogP contribution in [0.3, 0.4) is 0 Å². The first-order valence-corrected chi connectivity index (χ1v) is 7.21. The molecule has 0 bridgehead atoms. The number of imidazole rings is 1. The van der Waals surface area contributed by atoms with Gasteiger partial charge in [-0.3, -0.25) is 0 Å². The van der Waals surface area contributed by atoms with E-state index >= 15 is 0 Å². The first-order valence-electron chi connectivity index (χ1n) is 7.21. The van der Waals surface area contributed by atoms with Gasteiger partial charge < -0.3 is 4.57 Å². The van der Waals surface area contributed by atoms with Crippen molar-refractivity contribution in [2.24, 2.45) is 13.0 Å². The molecule has 1 aliphatic rings. The summed E-state index contributed by atoms with van der Waals surface area (Å²) in [6.45, 7) is 4.38. The number of allylic oxidation sites excluding steroid dienone is 2. The molecule has 100 valence electrons. The molecule has 0 saturated heterocycles. The van der Waals surface area contributed by atoms with Gasteiger partial charge in [0.1, 0.15) is 5.82 Å². The summed E-state index contributed by atoms with van der Waals surface area (Å²) in [5.74, 6) is 2.00. The summed E-state index contributed by atoms with van der Waals surface area (Å²) < 4.78 is 2.27. The number of aromatic nitrogens is 2. The fraction of sp³-hybridized carbons (Fsp3) is 0.471. The highest BCUT2D eigenvalue weighted by atomic mass is 15.1. The average molecular weight is 254 g/mol. The number of fused-ring (bicyclic) bond motifs is 1. The van der Waals surface area contributed by atoms with E-state index in [1.165, 1.54) is 36.2 Å². The van der Waals surface area contributed by atoms with Crippen LogP contribution in [-0.2, 0) is 13.5 Å². The molecule has 0 saturated carbocycles. The highest BCUT2D eigenvalue weighted by Gasteiger charge is 2.16. The predicted octanol–water partition coefficient (Wildman–Crippen LogP) is 4.17. The fourth-order valence-corrected chi connectivity index (χ4v) is 3.00. The fourth-order valence-electron chi connectivity index (χ4n) is 3.00. The van der Waals surface area contributed by atoms with Crippen LogP contribution in [0.1, 0.15) is 37.6 Å². The lowest BCUT2D eigenvalue weighted by molar-refractivity contribution is 0.453. The molecule has 1 unspecified atom stereocenters. The van der Waals surface area contributed by atoms with Gasteiger partial charge in [-0.2, -0.15) is 0 Å². The summed E-state index contributed by atoms with van der Waals surface area (Å²) >= 11 is 0. The van der Waals surface area contributed by atoms with Gasteiger partial charge in [-0.05, 0) is 56.7 Å². The molecule has 0 radical (unpaired) electrons. The zero-order chi connectivity index (χ0) is 13.4. The second-order valence-electron chi connectivity index (χ2n) is 5.97. The van der Waals surface area contributed by atoms with Crippen molar-refractivity contribution < 1.29 is 0 Å². The minimum Gasteiger partial charge on any atom is -0.331 e. The Hall–Kier alpha value is -1.57. The lowest BCUT2D eigenvalue weighted by Gasteiger charge is -2.19. The highest BCUT2D eigenvalue weighted by molar-refractivity contribution is 5.76. The molecule has 19 heavy (non-hydrogen) atoms. The number of rotatable bonds is 2. The third-order valence-corrected chi connectivity index (χ3v) is 4.35. The SMILES string of the molecule is CC1=CCC(Cc2nc3ccc(C)cc3n2C)CC1. The monoisotopic (exact) mass is 254 g/mol. The van der Waals surface area contributed by atoms with Crippen LogP contribution in [0.5, 0.6) is 0 Å². The summed E-state index contributed by atoms with van der Waals surface area (Å²) in [6, 6.07) is 6.52. The first kappa shape index (κ1) is 12.5. The summed E-state index contributed by atoms with van der Waals surface area (Å²) in [7, 11) is 2.15. The van der Waals surface area contributed by atoms with Crippen molar-refractivity contribution in [3.63, 3.8) is 0 Å². The van der Waals surface area contributed by atoms with Gasteiger partial charge >= 0.3 is 0 Å². The van der Waals surface area contributed by atoms with Crippen LogP contribution < -0.4 is 0 Å². The van der Waals surface area contributed by atoms with Gasteiger partial charge in [0.25, 0.3) is 0 Å². The number of benzene rings is 1. The van der Waals surface area contributed by atoms with Gasteiger partial charge in [0.05, 0.1) is 11.0 Å². The van der Waals surface area contributed by atoms with Gasteiger partial charge in [-0.25, -0.2) is 4.98 Å². The Morgan fingerprint density at radius 3 is 2.89 bits per heavy atom. The Morgan fingerprint density at radius 2 is 2.16 bits per heavy atom. The van der Waals surface area contributed by atoms with Crippen molar-refractivity contribution in [2.45, 2.75) is 39.5 Å². The summed E-state index contributed by atoms with van der Waals surface area (Å²) in [6.07, 6.45) is 7.29. The van der Waals surface area contributed by atoms with E-state index < -0.39 is 0 Å². The smallest absolute Gasteiger partial charge is 0.109 e. The molecule has 1 heterocycles. The quantitative estimate of drug-likeness (QED) is 0.735. The maximum atomic E-state index is 4.81. The highest BCUT2D eigenvalue weighted by Crippen LogP contribution is 2.27. The van der Waals surface area contributed by atoms with E-state index in [0.717, 1.165) is 17.9 Å². The number of hydrogen-bond donors (Lipinski definition) is 0. The Morgan fingerprint density at radius 1 is 1.32 bits per heavy atom. The maximum absolute atomic E-state index is 4.81. The van der Waals surface area contributed by atoms with Gasteiger partial charge in [-0.15, -0.1) is 0 Å². The standard InChI is InChI=1S/C17H22N2/c1-12-4-7-14(8-5-12)11-17-18-15-9-6-13(2)10-16(15)19(17)3/h4,6,9-10,14H,5,7-8,11H2,1-3H3. The third kappa shape index (κ3) is 2.44. The second-order valence-corrected chi connectivity index (χ2v) is 5.97. The molecule has 0 spiro atoms. The molecule has 1 aliphatic carbocycles. The molecule has 3 rings (SSSR count). The summed E-state index contributed by atoms with van der Waals surface area (Å²) in [5, 5.41) is 0. The van der Waals surface area contributed by atoms with Gasteiger partial charge in [-0.1, -0.05) is 17.7 Å². The Bertz CT molecular complexity index is 634. The first-order chi connectivity index (χ1) is 9.13. The van der Waals surface area contributed by atoms with Crippen LogP contribution in [0.2, 0.25) is 0 Å². The molecular formula is C17H22N2. The Kier molecular flexibility index (Phi) is 3.17. The van der Waals surface area contributed by atoms with Gasteiger partial charge in [0.2, 0.25) is 0 Å². The molecule has 0 aliphatic heterocycles. The normalized spacial score (nSPS) is 19.7. The van der Waals surface area contributed by atoms with Crippen molar-refractivity contribution in [3.05, 3.63) is 41.2 Å². The molecule has 2 nitrogen and oxygen atoms in total. The zero-order valence-corrected chi connectivity index (χ0v) is 12.1. The molecule has 1 aromatic carbocycles. The lowest BCUT2D eigenvalue weighted by atomic mass is 9.88. The topological polar surface area (TPSA) is 17.8 Å². The van der Waals surface area contributed by atoms with Crippen LogP contribution in [0.15, 0.2) is 29.8 Å². The largest absolute Gasteiger partial charge is 0.331 e. The minimum atomic E-state index is 0.764. The molecule has 2 aromatic rings. The molecule has 0 amide bonds. The van der Waals surface area contributed by atoms with Crippen molar-refractivity contribution in [1.29, 1.82) is 0 Å². The van der Waals surface area contributed by atoms with E-state index in [0.29, 0.717) is 0 Å². The van der Waals surface area contributed by atoms with Gasteiger partial charge in [0.15, 0.2) is 0 Å². The van der Waals surface area contributed by atoms with E-state index in [2.05, 4.69) is 49.7 Å². The molecular weight excluding hydrogens is 232 g/mol. The van der Waals surface area contributed by atoms with Crippen LogP contribution in [0.4, 0.5) is 0 Å². The van der Waals surface area contributed by atoms with Crippen molar-refractivity contribution >= 4 is 11.0 Å². The predicted molar refractivity (Wildman–Crippen MR) is 80.3 cm³/mol. The van der Waals surface area contributed by atoms with Crippen molar-refractivity contribution in [1.82, 2.24) is 9.55 Å². The molecule has 1 atom stereocenters. The van der Waals surface area contributed by atoms with E-state index in [1.807, 2.05) is 0 Å². The average Bonchev–Trinajstić information content (AvgIpc) is 2.70. The second kappa shape index (κ2) is 4.84. The van der Waals surface area contributed by atoms with Crippen molar-refractivity contribution in [2.75, 3.05) is 0 Å². The van der Waals surface area contributed by atoms with Gasteiger partial charge in [0, 0.05) is 13.5 Å². The van der Waals surface area contributed by atoms with Crippen molar-refractivity contribution in [3.8, 4) is 0 Å².